The van der Waals surface area contributed by atoms with Gasteiger partial charge in [-0.3, -0.25) is 0 Å². The number of rotatable bonds is 2. The van der Waals surface area contributed by atoms with Crippen LogP contribution in [0.4, 0.5) is 0 Å². The van der Waals surface area contributed by atoms with Crippen LogP contribution in [0.5, 0.6) is 23.0 Å². The molecule has 1 aliphatic heterocycles. The number of quaternary nitrogens is 1. The number of nitrogens with zero attached hydrogens (tertiary/aromatic N) is 1. The van der Waals surface area contributed by atoms with E-state index in [0.29, 0.717) is 22.6 Å². The number of benzene rings is 2. The zero-order valence-corrected chi connectivity index (χ0v) is 16.3. The maximum Gasteiger partial charge on any atom is 0.166 e. The van der Waals surface area contributed by atoms with Gasteiger partial charge in [-0.25, -0.2) is 0 Å². The Hall–Kier alpha value is -2.11. The van der Waals surface area contributed by atoms with E-state index in [4.69, 9.17) is 9.47 Å². The molecule has 140 valence electrons. The molecular weight excluding hydrogens is 354 g/mol. The van der Waals surface area contributed by atoms with E-state index in [-0.39, 0.29) is 29.9 Å². The number of likely N-dealkylation sites (N-methyl/N-ethyl adjacent to an activating group) is 1. The van der Waals surface area contributed by atoms with Crippen molar-refractivity contribution in [2.75, 3.05) is 34.9 Å². The fourth-order valence-corrected chi connectivity index (χ4v) is 4.41. The Kier molecular flexibility index (Phi) is 4.49. The monoisotopic (exact) mass is 378 g/mol. The van der Waals surface area contributed by atoms with Gasteiger partial charge < -0.3 is 24.2 Å². The third-order valence-electron chi connectivity index (χ3n) is 5.86. The molecule has 5 nitrogen and oxygen atoms in total. The van der Waals surface area contributed by atoms with Crippen LogP contribution in [0.15, 0.2) is 18.2 Å². The van der Waals surface area contributed by atoms with Gasteiger partial charge in [0, 0.05) is 29.5 Å². The Morgan fingerprint density at radius 2 is 1.62 bits per heavy atom. The first-order valence-corrected chi connectivity index (χ1v) is 8.53. The van der Waals surface area contributed by atoms with Gasteiger partial charge in [0.1, 0.15) is 6.04 Å². The van der Waals surface area contributed by atoms with E-state index < -0.39 is 0 Å². The summed E-state index contributed by atoms with van der Waals surface area (Å²) in [4.78, 5) is 0. The van der Waals surface area contributed by atoms with Crippen molar-refractivity contribution in [3.05, 3.63) is 34.9 Å². The second-order valence-electron chi connectivity index (χ2n) is 7.50. The lowest BCUT2D eigenvalue weighted by Crippen LogP contribution is -2.49. The highest BCUT2D eigenvalue weighted by Gasteiger charge is 2.44. The first-order chi connectivity index (χ1) is 11.9. The molecule has 2 aliphatic rings. The Morgan fingerprint density at radius 1 is 0.962 bits per heavy atom. The highest BCUT2D eigenvalue weighted by atomic mass is 35.5. The van der Waals surface area contributed by atoms with Gasteiger partial charge in [-0.2, -0.15) is 0 Å². The first kappa shape index (κ1) is 18.7. The average molecular weight is 379 g/mol. The molecule has 2 aromatic rings. The minimum Gasteiger partial charge on any atom is -0.504 e. The van der Waals surface area contributed by atoms with Crippen LogP contribution < -0.4 is 9.47 Å². The summed E-state index contributed by atoms with van der Waals surface area (Å²) in [6, 6.07) is 5.98. The highest BCUT2D eigenvalue weighted by Crippen LogP contribution is 2.56. The van der Waals surface area contributed by atoms with Crippen LogP contribution in [0.2, 0.25) is 0 Å². The van der Waals surface area contributed by atoms with E-state index in [1.165, 1.54) is 12.7 Å². The molecule has 2 aromatic carbocycles. The summed E-state index contributed by atoms with van der Waals surface area (Å²) in [7, 11) is 7.55. The zero-order chi connectivity index (χ0) is 17.9. The molecule has 2 N–H and O–H groups in total. The maximum absolute atomic E-state index is 10.9. The van der Waals surface area contributed by atoms with Crippen LogP contribution in [0.3, 0.4) is 0 Å². The molecule has 0 amide bonds. The molecule has 0 aromatic heterocycles. The van der Waals surface area contributed by atoms with Crippen molar-refractivity contribution in [2.45, 2.75) is 18.9 Å². The molecule has 0 saturated heterocycles. The fourth-order valence-electron chi connectivity index (χ4n) is 4.41. The van der Waals surface area contributed by atoms with Gasteiger partial charge in [0.25, 0.3) is 0 Å². The van der Waals surface area contributed by atoms with E-state index in [1.807, 2.05) is 12.1 Å². The number of methoxy groups -OCH3 is 2. The van der Waals surface area contributed by atoms with Crippen molar-refractivity contribution >= 4 is 12.4 Å². The van der Waals surface area contributed by atoms with Crippen LogP contribution in [0.1, 0.15) is 22.7 Å². The Balaban J connectivity index is 0.00000196. The number of phenols is 2. The number of aromatic hydroxyl groups is 2. The summed E-state index contributed by atoms with van der Waals surface area (Å²) < 4.78 is 11.6. The molecule has 0 radical (unpaired) electrons. The number of hydrogen-bond acceptors (Lipinski definition) is 4. The lowest BCUT2D eigenvalue weighted by Gasteiger charge is -2.46. The molecular formula is C20H25ClNO4+. The largest absolute Gasteiger partial charge is 0.504 e. The third kappa shape index (κ3) is 2.42. The smallest absolute Gasteiger partial charge is 0.166 e. The van der Waals surface area contributed by atoms with E-state index >= 15 is 0 Å². The van der Waals surface area contributed by atoms with Crippen LogP contribution in [0, 0.1) is 0 Å². The van der Waals surface area contributed by atoms with E-state index in [1.54, 1.807) is 13.2 Å². The molecule has 26 heavy (non-hydrogen) atoms. The summed E-state index contributed by atoms with van der Waals surface area (Å²) in [5.74, 6) is 1.05. The first-order valence-electron chi connectivity index (χ1n) is 8.53. The number of ether oxygens (including phenoxy) is 2. The molecule has 0 saturated carbocycles. The van der Waals surface area contributed by atoms with Crippen LogP contribution in [0.25, 0.3) is 11.1 Å². The molecule has 6 heteroatoms. The number of halogens is 1. The fraction of sp³-hybridized carbons (Fsp3) is 0.400. The van der Waals surface area contributed by atoms with Gasteiger partial charge in [-0.05, 0) is 23.3 Å². The summed E-state index contributed by atoms with van der Waals surface area (Å²) in [5, 5.41) is 21.7. The number of phenolic OH excluding ortho intramolecular Hbond substituents is 2. The predicted octanol–water partition coefficient (Wildman–Crippen LogP) is 3.43. The van der Waals surface area contributed by atoms with E-state index in [0.717, 1.165) is 35.0 Å². The van der Waals surface area contributed by atoms with Gasteiger partial charge in [-0.1, -0.05) is 6.07 Å². The molecule has 1 aliphatic carbocycles. The minimum atomic E-state index is 0. The Labute approximate surface area is 159 Å². The minimum absolute atomic E-state index is 0. The molecule has 1 atom stereocenters. The standard InChI is InChI=1S/C20H23NO4.ClH/c1-21(2)8-7-12-10-15(25-4)20(23)18-16(12)13(21)9-11-5-6-14(24-3)19(22)17(11)18;/h5-6,10,13H,7-9H2,1-4H3,(H-,22,23);1H/p+1/t13-;/m0./s1. The molecule has 0 spiro atoms. The highest BCUT2D eigenvalue weighted by molar-refractivity contribution is 5.87. The van der Waals surface area contributed by atoms with Crippen LogP contribution in [-0.4, -0.2) is 49.6 Å². The van der Waals surface area contributed by atoms with Crippen molar-refractivity contribution in [1.29, 1.82) is 0 Å². The van der Waals surface area contributed by atoms with Crippen molar-refractivity contribution in [3.8, 4) is 34.1 Å². The van der Waals surface area contributed by atoms with Gasteiger partial charge in [-0.15, -0.1) is 12.4 Å². The maximum atomic E-state index is 10.9. The lowest BCUT2D eigenvalue weighted by molar-refractivity contribution is -0.923. The molecule has 1 heterocycles. The van der Waals surface area contributed by atoms with Crippen molar-refractivity contribution in [2.24, 2.45) is 0 Å². The van der Waals surface area contributed by atoms with Gasteiger partial charge in [0.05, 0.1) is 34.9 Å². The summed E-state index contributed by atoms with van der Waals surface area (Å²) >= 11 is 0. The van der Waals surface area contributed by atoms with Gasteiger partial charge >= 0.3 is 0 Å². The third-order valence-corrected chi connectivity index (χ3v) is 5.86. The average Bonchev–Trinajstić information content (AvgIpc) is 2.59. The molecule has 0 unspecified atom stereocenters. The van der Waals surface area contributed by atoms with Crippen LogP contribution >= 0.6 is 12.4 Å². The zero-order valence-electron chi connectivity index (χ0n) is 15.5. The SMILES string of the molecule is COc1ccc2c(c1O)-c1c(O)c(OC)cc3c1[C@H](C2)[N+](C)(C)CC3.Cl. The summed E-state index contributed by atoms with van der Waals surface area (Å²) in [6.07, 6.45) is 1.74. The Morgan fingerprint density at radius 3 is 2.27 bits per heavy atom. The topological polar surface area (TPSA) is 58.9 Å². The lowest BCUT2D eigenvalue weighted by atomic mass is 9.75. The normalized spacial score (nSPS) is 19.0. The van der Waals surface area contributed by atoms with Crippen LogP contribution in [-0.2, 0) is 12.8 Å². The molecule has 4 rings (SSSR count). The number of fused-ring (bicyclic) bond motifs is 2. The number of hydrogen-bond donors (Lipinski definition) is 2. The quantitative estimate of drug-likeness (QED) is 0.786. The second kappa shape index (κ2) is 6.25. The van der Waals surface area contributed by atoms with Crippen molar-refractivity contribution in [1.82, 2.24) is 0 Å². The molecule has 0 bridgehead atoms. The van der Waals surface area contributed by atoms with Crippen molar-refractivity contribution < 1.29 is 24.2 Å². The van der Waals surface area contributed by atoms with Gasteiger partial charge in [0.15, 0.2) is 23.0 Å². The van der Waals surface area contributed by atoms with Crippen molar-refractivity contribution in [3.63, 3.8) is 0 Å². The van der Waals surface area contributed by atoms with E-state index in [2.05, 4.69) is 14.1 Å². The summed E-state index contributed by atoms with van der Waals surface area (Å²) in [6.45, 7) is 1.03. The molecule has 0 fully saturated rings. The van der Waals surface area contributed by atoms with E-state index in [9.17, 15) is 10.2 Å². The van der Waals surface area contributed by atoms with Gasteiger partial charge in [0.2, 0.25) is 0 Å². The summed E-state index contributed by atoms with van der Waals surface area (Å²) in [5.41, 5.74) is 4.72. The Bertz CT molecular complexity index is 879. The second-order valence-corrected chi connectivity index (χ2v) is 7.50. The predicted molar refractivity (Wildman–Crippen MR) is 103 cm³/mol.